The summed E-state index contributed by atoms with van der Waals surface area (Å²) in [5, 5.41) is 0. The van der Waals surface area contributed by atoms with Crippen LogP contribution in [-0.4, -0.2) is 17.9 Å². The lowest BCUT2D eigenvalue weighted by molar-refractivity contribution is 0.0815. The summed E-state index contributed by atoms with van der Waals surface area (Å²) in [4.78, 5) is 2.35. The molecular weight excluding hydrogens is 284 g/mol. The van der Waals surface area contributed by atoms with E-state index in [9.17, 15) is 8.78 Å². The first kappa shape index (κ1) is 15.0. The van der Waals surface area contributed by atoms with E-state index in [-0.39, 0.29) is 0 Å². The van der Waals surface area contributed by atoms with Gasteiger partial charge in [0.05, 0.1) is 0 Å². The highest BCUT2D eigenvalue weighted by Crippen LogP contribution is 2.27. The molecule has 2 aromatic carbocycles. The molecule has 0 amide bonds. The Labute approximate surface area is 129 Å². The van der Waals surface area contributed by atoms with Crippen molar-refractivity contribution in [3.63, 3.8) is 0 Å². The Bertz CT molecular complexity index is 632. The average Bonchev–Trinajstić information content (AvgIpc) is 2.90. The lowest BCUT2D eigenvalue weighted by Crippen LogP contribution is -2.17. The molecule has 0 unspecified atom stereocenters. The van der Waals surface area contributed by atoms with E-state index in [4.69, 9.17) is 4.74 Å². The van der Waals surface area contributed by atoms with Gasteiger partial charge in [-0.2, -0.15) is 0 Å². The van der Waals surface area contributed by atoms with Gasteiger partial charge in [0.1, 0.15) is 12.4 Å². The second kappa shape index (κ2) is 6.44. The van der Waals surface area contributed by atoms with Crippen LogP contribution in [0.1, 0.15) is 22.3 Å². The molecule has 0 N–H and O–H groups in total. The zero-order valence-corrected chi connectivity index (χ0v) is 12.6. The number of rotatable bonds is 5. The molecule has 0 atom stereocenters. The van der Waals surface area contributed by atoms with E-state index in [0.717, 1.165) is 30.8 Å². The van der Waals surface area contributed by atoms with Crippen molar-refractivity contribution in [3.8, 4) is 5.75 Å². The van der Waals surface area contributed by atoms with Crippen molar-refractivity contribution in [1.29, 1.82) is 0 Å². The molecule has 2 aromatic rings. The van der Waals surface area contributed by atoms with Gasteiger partial charge < -0.3 is 4.74 Å². The maximum Gasteiger partial charge on any atom is 0.272 e. The van der Waals surface area contributed by atoms with E-state index < -0.39 is 13.0 Å². The van der Waals surface area contributed by atoms with Gasteiger partial charge in [0.15, 0.2) is 0 Å². The highest BCUT2D eigenvalue weighted by molar-refractivity contribution is 5.39. The smallest absolute Gasteiger partial charge is 0.272 e. The molecule has 0 spiro atoms. The van der Waals surface area contributed by atoms with E-state index in [2.05, 4.69) is 29.2 Å². The van der Waals surface area contributed by atoms with Gasteiger partial charge in [-0.05, 0) is 35.2 Å². The monoisotopic (exact) mass is 303 g/mol. The Morgan fingerprint density at radius 2 is 1.73 bits per heavy atom. The Balaban J connectivity index is 1.70. The SMILES string of the molecule is Cc1c(CN2Cc3ccccc3C2)cccc1OCC(F)F. The molecular formula is C18H19F2NO. The molecule has 22 heavy (non-hydrogen) atoms. The van der Waals surface area contributed by atoms with Crippen molar-refractivity contribution in [3.05, 3.63) is 64.7 Å². The normalized spacial score (nSPS) is 14.4. The number of fused-ring (bicyclic) bond motifs is 1. The zero-order chi connectivity index (χ0) is 15.5. The molecule has 4 heteroatoms. The number of nitrogens with zero attached hydrogens (tertiary/aromatic N) is 1. The summed E-state index contributed by atoms with van der Waals surface area (Å²) in [6, 6.07) is 14.1. The van der Waals surface area contributed by atoms with Crippen LogP contribution in [0, 0.1) is 6.92 Å². The number of hydrogen-bond donors (Lipinski definition) is 0. The van der Waals surface area contributed by atoms with E-state index in [1.807, 2.05) is 19.1 Å². The summed E-state index contributed by atoms with van der Waals surface area (Å²) in [7, 11) is 0. The Hall–Kier alpha value is -1.94. The summed E-state index contributed by atoms with van der Waals surface area (Å²) in [6.45, 7) is 4.03. The number of benzene rings is 2. The van der Waals surface area contributed by atoms with Gasteiger partial charge >= 0.3 is 0 Å². The molecule has 0 bridgehead atoms. The van der Waals surface area contributed by atoms with Crippen LogP contribution in [0.4, 0.5) is 8.78 Å². The van der Waals surface area contributed by atoms with E-state index in [1.165, 1.54) is 11.1 Å². The minimum atomic E-state index is -2.45. The van der Waals surface area contributed by atoms with Crippen LogP contribution in [0.3, 0.4) is 0 Å². The van der Waals surface area contributed by atoms with Gasteiger partial charge in [0, 0.05) is 19.6 Å². The number of hydrogen-bond acceptors (Lipinski definition) is 2. The van der Waals surface area contributed by atoms with Crippen LogP contribution in [0.2, 0.25) is 0 Å². The summed E-state index contributed by atoms with van der Waals surface area (Å²) in [5.41, 5.74) is 4.80. The van der Waals surface area contributed by atoms with Gasteiger partial charge in [0.2, 0.25) is 0 Å². The molecule has 1 aliphatic heterocycles. The van der Waals surface area contributed by atoms with Crippen LogP contribution in [-0.2, 0) is 19.6 Å². The van der Waals surface area contributed by atoms with Crippen molar-refractivity contribution < 1.29 is 13.5 Å². The molecule has 2 nitrogen and oxygen atoms in total. The lowest BCUT2D eigenvalue weighted by atomic mass is 10.1. The molecule has 0 fully saturated rings. The fourth-order valence-corrected chi connectivity index (χ4v) is 2.90. The Morgan fingerprint density at radius 3 is 2.36 bits per heavy atom. The van der Waals surface area contributed by atoms with Gasteiger partial charge in [-0.25, -0.2) is 8.78 Å². The Morgan fingerprint density at radius 1 is 1.05 bits per heavy atom. The summed E-state index contributed by atoms with van der Waals surface area (Å²) >= 11 is 0. The molecule has 116 valence electrons. The lowest BCUT2D eigenvalue weighted by Gasteiger charge is -2.18. The maximum absolute atomic E-state index is 12.3. The van der Waals surface area contributed by atoms with E-state index in [0.29, 0.717) is 5.75 Å². The van der Waals surface area contributed by atoms with Crippen molar-refractivity contribution in [2.45, 2.75) is 33.0 Å². The Kier molecular flexibility index (Phi) is 4.39. The minimum absolute atomic E-state index is 0.550. The van der Waals surface area contributed by atoms with Crippen LogP contribution in [0.15, 0.2) is 42.5 Å². The van der Waals surface area contributed by atoms with Gasteiger partial charge in [-0.1, -0.05) is 36.4 Å². The second-order valence-corrected chi connectivity index (χ2v) is 5.66. The predicted molar refractivity (Wildman–Crippen MR) is 82.1 cm³/mol. The summed E-state index contributed by atoms with van der Waals surface area (Å²) in [5.74, 6) is 0.550. The number of ether oxygens (including phenoxy) is 1. The molecule has 0 aromatic heterocycles. The molecule has 0 aliphatic carbocycles. The molecule has 1 heterocycles. The van der Waals surface area contributed by atoms with Gasteiger partial charge in [-0.15, -0.1) is 0 Å². The first-order valence-electron chi connectivity index (χ1n) is 7.42. The molecule has 0 radical (unpaired) electrons. The molecule has 1 aliphatic rings. The number of halogens is 2. The summed E-state index contributed by atoms with van der Waals surface area (Å²) in [6.07, 6.45) is -2.45. The second-order valence-electron chi connectivity index (χ2n) is 5.66. The average molecular weight is 303 g/mol. The summed E-state index contributed by atoms with van der Waals surface area (Å²) < 4.78 is 29.8. The first-order chi connectivity index (χ1) is 10.6. The molecule has 3 rings (SSSR count). The van der Waals surface area contributed by atoms with Crippen molar-refractivity contribution >= 4 is 0 Å². The zero-order valence-electron chi connectivity index (χ0n) is 12.6. The first-order valence-corrected chi connectivity index (χ1v) is 7.42. The van der Waals surface area contributed by atoms with Crippen LogP contribution >= 0.6 is 0 Å². The fourth-order valence-electron chi connectivity index (χ4n) is 2.90. The van der Waals surface area contributed by atoms with Gasteiger partial charge in [-0.3, -0.25) is 4.90 Å². The predicted octanol–water partition coefficient (Wildman–Crippen LogP) is 4.15. The molecule has 0 saturated heterocycles. The highest BCUT2D eigenvalue weighted by Gasteiger charge is 2.19. The number of alkyl halides is 2. The largest absolute Gasteiger partial charge is 0.487 e. The van der Waals surface area contributed by atoms with E-state index >= 15 is 0 Å². The minimum Gasteiger partial charge on any atom is -0.487 e. The van der Waals surface area contributed by atoms with Crippen molar-refractivity contribution in [2.24, 2.45) is 0 Å². The fraction of sp³-hybridized carbons (Fsp3) is 0.333. The standard InChI is InChI=1S/C18H19F2NO/c1-13-14(7-4-8-17(13)22-12-18(19)20)9-21-10-15-5-2-3-6-16(15)11-21/h2-8,18H,9-12H2,1H3. The van der Waals surface area contributed by atoms with Crippen molar-refractivity contribution in [1.82, 2.24) is 4.90 Å². The third-order valence-corrected chi connectivity index (χ3v) is 4.06. The maximum atomic E-state index is 12.3. The van der Waals surface area contributed by atoms with Crippen LogP contribution < -0.4 is 4.74 Å². The van der Waals surface area contributed by atoms with Gasteiger partial charge in [0.25, 0.3) is 6.43 Å². The van der Waals surface area contributed by atoms with Crippen LogP contribution in [0.25, 0.3) is 0 Å². The van der Waals surface area contributed by atoms with E-state index in [1.54, 1.807) is 6.07 Å². The topological polar surface area (TPSA) is 12.5 Å². The van der Waals surface area contributed by atoms with Crippen molar-refractivity contribution in [2.75, 3.05) is 6.61 Å². The third-order valence-electron chi connectivity index (χ3n) is 4.06. The van der Waals surface area contributed by atoms with Crippen LogP contribution in [0.5, 0.6) is 5.75 Å². The quantitative estimate of drug-likeness (QED) is 0.822. The molecule has 0 saturated carbocycles. The third kappa shape index (κ3) is 3.28. The highest BCUT2D eigenvalue weighted by atomic mass is 19.3.